The van der Waals surface area contributed by atoms with Crippen molar-refractivity contribution >= 4 is 38.2 Å². The van der Waals surface area contributed by atoms with E-state index in [0.717, 1.165) is 6.26 Å². The lowest BCUT2D eigenvalue weighted by Gasteiger charge is -2.12. The molecule has 4 N–H and O–H groups in total. The van der Waals surface area contributed by atoms with Gasteiger partial charge < -0.3 is 20.2 Å². The number of carbonyl (C=O) groups is 1. The molecule has 5 rings (SSSR count). The van der Waals surface area contributed by atoms with Gasteiger partial charge in [0.25, 0.3) is 0 Å². The van der Waals surface area contributed by atoms with E-state index in [1.54, 1.807) is 37.3 Å². The number of sulfonamides is 1. The molecule has 0 saturated heterocycles. The third-order valence-electron chi connectivity index (χ3n) is 5.99. The fourth-order valence-electron chi connectivity index (χ4n) is 4.21. The number of nitrogens with zero attached hydrogens (tertiary/aromatic N) is 2. The molecule has 0 aliphatic rings. The number of nitrogen functional groups attached to an aromatic ring is 1. The van der Waals surface area contributed by atoms with Gasteiger partial charge in [-0.05, 0) is 61.0 Å². The van der Waals surface area contributed by atoms with Crippen molar-refractivity contribution in [2.24, 2.45) is 0 Å². The van der Waals surface area contributed by atoms with Crippen LogP contribution < -0.4 is 19.9 Å². The van der Waals surface area contributed by atoms with E-state index in [0.29, 0.717) is 22.4 Å². The number of hydrogen-bond donors (Lipinski definition) is 3. The number of aromatic nitrogens is 3. The van der Waals surface area contributed by atoms with Crippen LogP contribution in [0, 0.1) is 12.7 Å². The molecular weight excluding hydrogens is 563 g/mol. The van der Waals surface area contributed by atoms with Crippen LogP contribution in [-0.4, -0.2) is 41.8 Å². The van der Waals surface area contributed by atoms with Gasteiger partial charge in [-0.15, -0.1) is 0 Å². The highest BCUT2D eigenvalue weighted by Gasteiger charge is 2.22. The number of rotatable bonds is 9. The molecule has 0 radical (unpaired) electrons. The van der Waals surface area contributed by atoms with E-state index < -0.39 is 34.0 Å². The molecule has 0 spiro atoms. The summed E-state index contributed by atoms with van der Waals surface area (Å²) in [4.78, 5) is 16.2. The molecule has 41 heavy (non-hydrogen) atoms. The summed E-state index contributed by atoms with van der Waals surface area (Å²) >= 11 is 0. The number of ether oxygens (including phenoxy) is 2. The minimum absolute atomic E-state index is 0.0284. The summed E-state index contributed by atoms with van der Waals surface area (Å²) in [6.45, 7) is -1.44. The summed E-state index contributed by atoms with van der Waals surface area (Å²) in [6, 6.07) is 14.8. The number of alkyl halides is 2. The summed E-state index contributed by atoms with van der Waals surface area (Å²) in [5, 5.41) is 4.57. The number of H-pyrrole nitrogens is 1. The number of benzene rings is 3. The topological polar surface area (TPSA) is 141 Å². The Morgan fingerprint density at radius 2 is 1.85 bits per heavy atom. The number of aryl methyl sites for hydroxylation is 1. The van der Waals surface area contributed by atoms with E-state index in [-0.39, 0.29) is 34.0 Å². The van der Waals surface area contributed by atoms with E-state index in [9.17, 15) is 26.4 Å². The molecule has 0 aliphatic carbocycles. The fourth-order valence-corrected chi connectivity index (χ4v) is 4.77. The Hall–Kier alpha value is -4.98. The SMILES string of the molecule is Cc1cc(Oc2ccccc2F)ccc1-n1ncc(C(=O)c2cc3cc(OC(F)F)c(NS(C)(=O)=O)cc3[nH]2)c1N. The molecule has 0 unspecified atom stereocenters. The van der Waals surface area contributed by atoms with Gasteiger partial charge in [-0.3, -0.25) is 9.52 Å². The molecule has 5 aromatic rings. The molecule has 14 heteroatoms. The first-order valence-corrected chi connectivity index (χ1v) is 13.8. The molecule has 10 nitrogen and oxygen atoms in total. The van der Waals surface area contributed by atoms with Gasteiger partial charge in [0.15, 0.2) is 17.3 Å². The van der Waals surface area contributed by atoms with Crippen LogP contribution >= 0.6 is 0 Å². The van der Waals surface area contributed by atoms with Gasteiger partial charge in [-0.2, -0.15) is 13.9 Å². The minimum Gasteiger partial charge on any atom is -0.454 e. The maximum Gasteiger partial charge on any atom is 0.387 e. The monoisotopic (exact) mass is 585 g/mol. The second-order valence-electron chi connectivity index (χ2n) is 9.04. The number of nitrogens with two attached hydrogens (primary N) is 1. The molecule has 0 aliphatic heterocycles. The van der Waals surface area contributed by atoms with Crippen molar-refractivity contribution < 1.29 is 35.9 Å². The lowest BCUT2D eigenvalue weighted by Crippen LogP contribution is -2.12. The second-order valence-corrected chi connectivity index (χ2v) is 10.8. The summed E-state index contributed by atoms with van der Waals surface area (Å²) < 4.78 is 76.8. The molecular formula is C27H22F3N5O5S. The highest BCUT2D eigenvalue weighted by molar-refractivity contribution is 7.92. The van der Waals surface area contributed by atoms with Gasteiger partial charge in [-0.25, -0.2) is 17.5 Å². The number of para-hydroxylation sites is 1. The van der Waals surface area contributed by atoms with E-state index in [2.05, 4.69) is 19.5 Å². The Kier molecular flexibility index (Phi) is 7.09. The van der Waals surface area contributed by atoms with Crippen LogP contribution in [-0.2, 0) is 10.0 Å². The minimum atomic E-state index is -3.82. The first-order valence-electron chi connectivity index (χ1n) is 11.9. The first-order chi connectivity index (χ1) is 19.4. The molecule has 3 aromatic carbocycles. The van der Waals surface area contributed by atoms with E-state index in [1.807, 2.05) is 0 Å². The zero-order valence-corrected chi connectivity index (χ0v) is 22.3. The Bertz CT molecular complexity index is 1900. The number of nitrogens with one attached hydrogen (secondary N) is 2. The Labute approximate surface area is 231 Å². The van der Waals surface area contributed by atoms with Gasteiger partial charge in [0.2, 0.25) is 15.8 Å². The first kappa shape index (κ1) is 27.6. The van der Waals surface area contributed by atoms with E-state index >= 15 is 0 Å². The average Bonchev–Trinajstić information content (AvgIpc) is 3.47. The van der Waals surface area contributed by atoms with Gasteiger partial charge in [0.05, 0.1) is 35.1 Å². The maximum absolute atomic E-state index is 14.0. The summed E-state index contributed by atoms with van der Waals surface area (Å²) in [7, 11) is -3.82. The van der Waals surface area contributed by atoms with Crippen molar-refractivity contribution in [3.63, 3.8) is 0 Å². The lowest BCUT2D eigenvalue weighted by atomic mass is 10.1. The number of ketones is 1. The number of anilines is 2. The smallest absolute Gasteiger partial charge is 0.387 e. The van der Waals surface area contributed by atoms with Crippen molar-refractivity contribution in [1.82, 2.24) is 14.8 Å². The molecule has 0 saturated carbocycles. The fraction of sp³-hybridized carbons (Fsp3) is 0.111. The predicted octanol–water partition coefficient (Wildman–Crippen LogP) is 5.38. The molecule has 0 fully saturated rings. The van der Waals surface area contributed by atoms with Crippen molar-refractivity contribution in [3.05, 3.63) is 89.5 Å². The van der Waals surface area contributed by atoms with Gasteiger partial charge >= 0.3 is 6.61 Å². The van der Waals surface area contributed by atoms with Crippen molar-refractivity contribution in [3.8, 4) is 22.9 Å². The van der Waals surface area contributed by atoms with Crippen molar-refractivity contribution in [2.45, 2.75) is 13.5 Å². The van der Waals surface area contributed by atoms with E-state index in [4.69, 9.17) is 10.5 Å². The second kappa shape index (κ2) is 10.5. The lowest BCUT2D eigenvalue weighted by molar-refractivity contribution is -0.0492. The van der Waals surface area contributed by atoms with Gasteiger partial charge in [0, 0.05) is 10.9 Å². The molecule has 212 valence electrons. The summed E-state index contributed by atoms with van der Waals surface area (Å²) in [5.74, 6) is -0.989. The highest BCUT2D eigenvalue weighted by atomic mass is 32.2. The standard InChI is InChI=1S/C27H22F3N5O5S/c1-14-9-16(39-23-6-4-3-5-18(23)28)7-8-22(14)35-26(31)17(13-32-35)25(36)21-10-15-11-24(40-27(29)30)20(12-19(15)33-21)34-41(2,37)38/h3-13,27,33-34H,31H2,1-2H3. The zero-order chi connectivity index (χ0) is 29.5. The normalized spacial score (nSPS) is 11.7. The number of carbonyl (C=O) groups excluding carboxylic acids is 1. The Morgan fingerprint density at radius 1 is 1.10 bits per heavy atom. The van der Waals surface area contributed by atoms with Crippen LogP contribution in [0.3, 0.4) is 0 Å². The number of fused-ring (bicyclic) bond motifs is 1. The summed E-state index contributed by atoms with van der Waals surface area (Å²) in [6.07, 6.45) is 2.15. The van der Waals surface area contributed by atoms with Crippen LogP contribution in [0.5, 0.6) is 17.2 Å². The Morgan fingerprint density at radius 3 is 2.54 bits per heavy atom. The van der Waals surface area contributed by atoms with Crippen LogP contribution in [0.4, 0.5) is 24.7 Å². The summed E-state index contributed by atoms with van der Waals surface area (Å²) in [5.41, 5.74) is 7.68. The average molecular weight is 586 g/mol. The third-order valence-corrected chi connectivity index (χ3v) is 6.58. The molecule has 0 amide bonds. The number of hydrogen-bond acceptors (Lipinski definition) is 7. The van der Waals surface area contributed by atoms with Gasteiger partial charge in [0.1, 0.15) is 11.6 Å². The largest absolute Gasteiger partial charge is 0.454 e. The van der Waals surface area contributed by atoms with Crippen LogP contribution in [0.2, 0.25) is 0 Å². The molecule has 2 aromatic heterocycles. The highest BCUT2D eigenvalue weighted by Crippen LogP contribution is 2.34. The maximum atomic E-state index is 14.0. The number of halogens is 3. The Balaban J connectivity index is 1.44. The third kappa shape index (κ3) is 5.82. The van der Waals surface area contributed by atoms with Crippen LogP contribution in [0.1, 0.15) is 21.6 Å². The van der Waals surface area contributed by atoms with Crippen molar-refractivity contribution in [2.75, 3.05) is 16.7 Å². The molecule has 0 bridgehead atoms. The molecule has 0 atom stereocenters. The quantitative estimate of drug-likeness (QED) is 0.197. The van der Waals surface area contributed by atoms with E-state index in [1.165, 1.54) is 41.2 Å². The molecule has 2 heterocycles. The van der Waals surface area contributed by atoms with Crippen LogP contribution in [0.15, 0.2) is 66.9 Å². The van der Waals surface area contributed by atoms with Crippen LogP contribution in [0.25, 0.3) is 16.6 Å². The number of aromatic amines is 1. The predicted molar refractivity (Wildman–Crippen MR) is 146 cm³/mol. The van der Waals surface area contributed by atoms with Crippen molar-refractivity contribution in [1.29, 1.82) is 0 Å². The zero-order valence-electron chi connectivity index (χ0n) is 21.5. The van der Waals surface area contributed by atoms with Gasteiger partial charge in [-0.1, -0.05) is 12.1 Å².